The summed E-state index contributed by atoms with van der Waals surface area (Å²) in [7, 11) is 0. The van der Waals surface area contributed by atoms with Crippen LogP contribution in [0.1, 0.15) is 13.3 Å². The molecule has 0 bridgehead atoms. The molecule has 1 aliphatic rings. The molecule has 4 nitrogen and oxygen atoms in total. The van der Waals surface area contributed by atoms with Gasteiger partial charge in [-0.1, -0.05) is 6.92 Å². The average molecular weight is 266 g/mol. The number of nitrogens with zero attached hydrogens (tertiary/aromatic N) is 4. The molecule has 5 heteroatoms. The molecule has 1 unspecified atom stereocenters. The zero-order valence-electron chi connectivity index (χ0n) is 11.2. The quantitative estimate of drug-likeness (QED) is 0.810. The van der Waals surface area contributed by atoms with Crippen LogP contribution in [0.25, 0.3) is 0 Å². The molecular formula is C13H22N4S. The van der Waals surface area contributed by atoms with Gasteiger partial charge < -0.3 is 4.90 Å². The standard InChI is InChI=1S/C13H22N4S/c1-12(18-2)3-6-16-7-9-17(10-8-16)13-11-14-4-5-15-13/h4-5,11-12H,3,6-10H2,1-2H3. The Morgan fingerprint density at radius 3 is 2.67 bits per heavy atom. The summed E-state index contributed by atoms with van der Waals surface area (Å²) in [4.78, 5) is 13.4. The number of rotatable bonds is 5. The van der Waals surface area contributed by atoms with Crippen molar-refractivity contribution < 1.29 is 0 Å². The van der Waals surface area contributed by atoms with Crippen molar-refractivity contribution in [1.29, 1.82) is 0 Å². The van der Waals surface area contributed by atoms with Gasteiger partial charge in [0.15, 0.2) is 0 Å². The molecule has 0 spiro atoms. The third-order valence-corrected chi connectivity index (χ3v) is 4.54. The van der Waals surface area contributed by atoms with Crippen molar-refractivity contribution in [3.05, 3.63) is 18.6 Å². The van der Waals surface area contributed by atoms with Crippen molar-refractivity contribution in [2.45, 2.75) is 18.6 Å². The highest BCUT2D eigenvalue weighted by atomic mass is 32.2. The summed E-state index contributed by atoms with van der Waals surface area (Å²) in [6.45, 7) is 7.92. The van der Waals surface area contributed by atoms with Crippen LogP contribution in [0.4, 0.5) is 5.82 Å². The van der Waals surface area contributed by atoms with Crippen molar-refractivity contribution >= 4 is 17.6 Å². The predicted molar refractivity (Wildman–Crippen MR) is 78.3 cm³/mol. The predicted octanol–water partition coefficient (Wildman–Crippen LogP) is 1.74. The summed E-state index contributed by atoms with van der Waals surface area (Å²) in [5.41, 5.74) is 0. The van der Waals surface area contributed by atoms with Crippen LogP contribution in [0.3, 0.4) is 0 Å². The Bertz CT molecular complexity index is 338. The van der Waals surface area contributed by atoms with Crippen LogP contribution < -0.4 is 4.90 Å². The molecule has 2 rings (SSSR count). The van der Waals surface area contributed by atoms with E-state index in [1.165, 1.54) is 13.0 Å². The minimum absolute atomic E-state index is 0.767. The van der Waals surface area contributed by atoms with Crippen LogP contribution in [0.5, 0.6) is 0 Å². The summed E-state index contributed by atoms with van der Waals surface area (Å²) in [6, 6.07) is 0. The normalized spacial score (nSPS) is 18.9. The van der Waals surface area contributed by atoms with Crippen molar-refractivity contribution in [3.63, 3.8) is 0 Å². The van der Waals surface area contributed by atoms with E-state index in [1.54, 1.807) is 12.4 Å². The van der Waals surface area contributed by atoms with Gasteiger partial charge >= 0.3 is 0 Å². The Morgan fingerprint density at radius 2 is 2.06 bits per heavy atom. The van der Waals surface area contributed by atoms with Gasteiger partial charge in [-0.3, -0.25) is 9.88 Å². The molecule has 1 aliphatic heterocycles. The Labute approximate surface area is 114 Å². The zero-order chi connectivity index (χ0) is 12.8. The smallest absolute Gasteiger partial charge is 0.147 e. The molecule has 1 aromatic heterocycles. The molecule has 0 radical (unpaired) electrons. The Kier molecular flexibility index (Phi) is 5.26. The molecule has 0 N–H and O–H groups in total. The molecule has 2 heterocycles. The fourth-order valence-corrected chi connectivity index (χ4v) is 2.48. The van der Waals surface area contributed by atoms with Gasteiger partial charge in [0.2, 0.25) is 0 Å². The molecule has 1 saturated heterocycles. The SMILES string of the molecule is CSC(C)CCN1CCN(c2cnccn2)CC1. The second-order valence-corrected chi connectivity index (χ2v) is 6.00. The lowest BCUT2D eigenvalue weighted by atomic mass is 10.2. The summed E-state index contributed by atoms with van der Waals surface area (Å²) in [5, 5.41) is 0.767. The lowest BCUT2D eigenvalue weighted by molar-refractivity contribution is 0.254. The van der Waals surface area contributed by atoms with Gasteiger partial charge in [0, 0.05) is 43.8 Å². The molecule has 0 amide bonds. The molecule has 1 aromatic rings. The monoisotopic (exact) mass is 266 g/mol. The molecule has 0 aromatic carbocycles. The highest BCUT2D eigenvalue weighted by molar-refractivity contribution is 7.99. The van der Waals surface area contributed by atoms with E-state index in [-0.39, 0.29) is 0 Å². The van der Waals surface area contributed by atoms with E-state index in [4.69, 9.17) is 0 Å². The van der Waals surface area contributed by atoms with Gasteiger partial charge in [-0.15, -0.1) is 0 Å². The van der Waals surface area contributed by atoms with Crippen molar-refractivity contribution in [2.24, 2.45) is 0 Å². The second kappa shape index (κ2) is 6.95. The van der Waals surface area contributed by atoms with Gasteiger partial charge in [-0.25, -0.2) is 4.98 Å². The first-order valence-electron chi connectivity index (χ1n) is 6.55. The second-order valence-electron chi connectivity index (χ2n) is 4.73. The lowest BCUT2D eigenvalue weighted by Gasteiger charge is -2.35. The molecule has 0 aliphatic carbocycles. The average Bonchev–Trinajstić information content (AvgIpc) is 2.46. The van der Waals surface area contributed by atoms with Gasteiger partial charge in [0.25, 0.3) is 0 Å². The molecule has 0 saturated carbocycles. The largest absolute Gasteiger partial charge is 0.353 e. The van der Waals surface area contributed by atoms with E-state index in [2.05, 4.69) is 32.9 Å². The van der Waals surface area contributed by atoms with Crippen molar-refractivity contribution in [1.82, 2.24) is 14.9 Å². The first-order chi connectivity index (χ1) is 8.79. The number of piperazine rings is 1. The topological polar surface area (TPSA) is 32.3 Å². The van der Waals surface area contributed by atoms with Crippen LogP contribution in [0.2, 0.25) is 0 Å². The maximum atomic E-state index is 4.36. The third kappa shape index (κ3) is 3.85. The maximum Gasteiger partial charge on any atom is 0.147 e. The van der Waals surface area contributed by atoms with Gasteiger partial charge in [-0.2, -0.15) is 11.8 Å². The number of thioether (sulfide) groups is 1. The highest BCUT2D eigenvalue weighted by Gasteiger charge is 2.18. The molecule has 18 heavy (non-hydrogen) atoms. The highest BCUT2D eigenvalue weighted by Crippen LogP contribution is 2.14. The van der Waals surface area contributed by atoms with Crippen LogP contribution >= 0.6 is 11.8 Å². The minimum Gasteiger partial charge on any atom is -0.353 e. The summed E-state index contributed by atoms with van der Waals surface area (Å²) in [6.07, 6.45) is 8.82. The van der Waals surface area contributed by atoms with Crippen LogP contribution in [0.15, 0.2) is 18.6 Å². The van der Waals surface area contributed by atoms with E-state index < -0.39 is 0 Å². The maximum absolute atomic E-state index is 4.36. The summed E-state index contributed by atoms with van der Waals surface area (Å²) in [5.74, 6) is 1.01. The third-order valence-electron chi connectivity index (χ3n) is 3.50. The Morgan fingerprint density at radius 1 is 1.28 bits per heavy atom. The van der Waals surface area contributed by atoms with Gasteiger partial charge in [0.1, 0.15) is 5.82 Å². The molecule has 100 valence electrons. The van der Waals surface area contributed by atoms with E-state index >= 15 is 0 Å². The number of anilines is 1. The molecule has 1 atom stereocenters. The van der Waals surface area contributed by atoms with Gasteiger partial charge in [-0.05, 0) is 19.2 Å². The van der Waals surface area contributed by atoms with Crippen molar-refractivity contribution in [2.75, 3.05) is 43.9 Å². The molecule has 1 fully saturated rings. The van der Waals surface area contributed by atoms with Gasteiger partial charge in [0.05, 0.1) is 6.20 Å². The summed E-state index contributed by atoms with van der Waals surface area (Å²) >= 11 is 1.96. The fourth-order valence-electron chi connectivity index (χ4n) is 2.14. The zero-order valence-corrected chi connectivity index (χ0v) is 12.1. The van der Waals surface area contributed by atoms with Crippen molar-refractivity contribution in [3.8, 4) is 0 Å². The van der Waals surface area contributed by atoms with E-state index in [1.807, 2.05) is 18.0 Å². The van der Waals surface area contributed by atoms with Crippen LogP contribution in [0, 0.1) is 0 Å². The van der Waals surface area contributed by atoms with E-state index in [0.29, 0.717) is 0 Å². The van der Waals surface area contributed by atoms with Crippen LogP contribution in [-0.2, 0) is 0 Å². The minimum atomic E-state index is 0.767. The Balaban J connectivity index is 1.75. The molecular weight excluding hydrogens is 244 g/mol. The number of hydrogen-bond donors (Lipinski definition) is 0. The number of hydrogen-bond acceptors (Lipinski definition) is 5. The fraction of sp³-hybridized carbons (Fsp3) is 0.692. The van der Waals surface area contributed by atoms with E-state index in [9.17, 15) is 0 Å². The summed E-state index contributed by atoms with van der Waals surface area (Å²) < 4.78 is 0. The van der Waals surface area contributed by atoms with Crippen LogP contribution in [-0.4, -0.2) is 59.1 Å². The van der Waals surface area contributed by atoms with E-state index in [0.717, 1.165) is 37.2 Å². The first-order valence-corrected chi connectivity index (χ1v) is 7.84. The Hall–Kier alpha value is -0.810. The first kappa shape index (κ1) is 13.6. The number of aromatic nitrogens is 2. The lowest BCUT2D eigenvalue weighted by Crippen LogP contribution is -2.47.